The number of hydrogen-bond donors (Lipinski definition) is 2. The summed E-state index contributed by atoms with van der Waals surface area (Å²) >= 11 is 24.7. The standard InChI is InChI=1S/C24H15Cl4N5O3/c1-11(34)21(24(36)30-12-5-3-2-4-6-12)33-32-14-9-7-13(8-10-14)29-22-15-16(23(35)31-22)18(26)20(28)19(27)17(15)25/h2-10,21H,1H3,(H,30,36)(H,29,31,35). The molecule has 0 aromatic heterocycles. The zero-order valence-electron chi connectivity index (χ0n) is 18.4. The van der Waals surface area contributed by atoms with E-state index in [1.54, 1.807) is 54.6 Å². The topological polar surface area (TPSA) is 112 Å². The van der Waals surface area contributed by atoms with Crippen molar-refractivity contribution in [2.75, 3.05) is 5.32 Å². The number of azo groups is 1. The van der Waals surface area contributed by atoms with Gasteiger partial charge < -0.3 is 10.6 Å². The molecule has 36 heavy (non-hydrogen) atoms. The second-order valence-corrected chi connectivity index (χ2v) is 9.03. The number of rotatable bonds is 6. The van der Waals surface area contributed by atoms with E-state index in [2.05, 4.69) is 25.9 Å². The number of carbonyl (C=O) groups excluding carboxylic acids is 3. The number of aliphatic imine (C=N–C) groups is 1. The Hall–Kier alpha value is -3.30. The fourth-order valence-corrected chi connectivity index (χ4v) is 4.31. The summed E-state index contributed by atoms with van der Waals surface area (Å²) in [6.07, 6.45) is 0. The number of benzene rings is 3. The highest BCUT2D eigenvalue weighted by Gasteiger charge is 2.34. The molecule has 0 saturated carbocycles. The number of hydrogen-bond acceptors (Lipinski definition) is 6. The van der Waals surface area contributed by atoms with E-state index in [1.165, 1.54) is 6.92 Å². The quantitative estimate of drug-likeness (QED) is 0.149. The van der Waals surface area contributed by atoms with Gasteiger partial charge in [0.25, 0.3) is 11.8 Å². The maximum atomic E-state index is 12.5. The van der Waals surface area contributed by atoms with Gasteiger partial charge in [-0.05, 0) is 43.3 Å². The van der Waals surface area contributed by atoms with Gasteiger partial charge in [0.05, 0.1) is 42.6 Å². The third kappa shape index (κ3) is 5.27. The van der Waals surface area contributed by atoms with Gasteiger partial charge in [-0.3, -0.25) is 14.4 Å². The Kier molecular flexibility index (Phi) is 7.70. The molecular formula is C24H15Cl4N5O3. The van der Waals surface area contributed by atoms with Crippen LogP contribution in [0.1, 0.15) is 22.8 Å². The third-order valence-corrected chi connectivity index (χ3v) is 6.82. The molecule has 0 aliphatic carbocycles. The fraction of sp³-hybridized carbons (Fsp3) is 0.0833. The highest BCUT2D eigenvalue weighted by molar-refractivity contribution is 6.55. The zero-order valence-corrected chi connectivity index (χ0v) is 21.4. The van der Waals surface area contributed by atoms with Gasteiger partial charge in [-0.25, -0.2) is 4.99 Å². The molecule has 1 aliphatic rings. The van der Waals surface area contributed by atoms with Crippen LogP contribution in [0.25, 0.3) is 0 Å². The van der Waals surface area contributed by atoms with Gasteiger partial charge in [0.15, 0.2) is 5.78 Å². The van der Waals surface area contributed by atoms with Crippen molar-refractivity contribution in [2.45, 2.75) is 13.0 Å². The largest absolute Gasteiger partial charge is 0.324 e. The van der Waals surface area contributed by atoms with Crippen LogP contribution in [0.2, 0.25) is 20.1 Å². The van der Waals surface area contributed by atoms with Gasteiger partial charge in [0.2, 0.25) is 6.04 Å². The van der Waals surface area contributed by atoms with Crippen molar-refractivity contribution in [1.82, 2.24) is 5.32 Å². The minimum absolute atomic E-state index is 0.0124. The maximum Gasteiger partial charge on any atom is 0.259 e. The van der Waals surface area contributed by atoms with Crippen LogP contribution >= 0.6 is 46.4 Å². The molecule has 8 nitrogen and oxygen atoms in total. The van der Waals surface area contributed by atoms with E-state index >= 15 is 0 Å². The highest BCUT2D eigenvalue weighted by Crippen LogP contribution is 2.43. The molecule has 2 amide bonds. The first-order valence-corrected chi connectivity index (χ1v) is 11.8. The van der Waals surface area contributed by atoms with Gasteiger partial charge in [-0.15, -0.1) is 0 Å². The van der Waals surface area contributed by atoms with Gasteiger partial charge in [-0.1, -0.05) is 64.6 Å². The molecule has 0 bridgehead atoms. The molecular weight excluding hydrogens is 548 g/mol. The van der Waals surface area contributed by atoms with Gasteiger partial charge in [0, 0.05) is 5.69 Å². The number of amides is 2. The van der Waals surface area contributed by atoms with Gasteiger partial charge in [-0.2, -0.15) is 10.2 Å². The minimum Gasteiger partial charge on any atom is -0.324 e. The van der Waals surface area contributed by atoms with Crippen LogP contribution in [0.4, 0.5) is 17.1 Å². The summed E-state index contributed by atoms with van der Waals surface area (Å²) in [5, 5.41) is 13.2. The number of nitrogens with zero attached hydrogens (tertiary/aromatic N) is 3. The van der Waals surface area contributed by atoms with Crippen LogP contribution in [0.5, 0.6) is 0 Å². The first kappa shape index (κ1) is 25.8. The predicted molar refractivity (Wildman–Crippen MR) is 141 cm³/mol. The number of nitrogens with one attached hydrogen (secondary N) is 2. The van der Waals surface area contributed by atoms with E-state index in [4.69, 9.17) is 46.4 Å². The van der Waals surface area contributed by atoms with Crippen LogP contribution in [0.3, 0.4) is 0 Å². The summed E-state index contributed by atoms with van der Waals surface area (Å²) in [7, 11) is 0. The number of para-hydroxylation sites is 1. The SMILES string of the molecule is CC(=O)C(N=Nc1ccc(N=C2NC(=O)c3c(Cl)c(Cl)c(Cl)c(Cl)c32)cc1)C(=O)Nc1ccccc1. The third-order valence-electron chi connectivity index (χ3n) is 5.02. The normalized spacial score (nSPS) is 14.6. The van der Waals surface area contributed by atoms with Gasteiger partial charge in [0.1, 0.15) is 5.84 Å². The van der Waals surface area contributed by atoms with Crippen LogP contribution < -0.4 is 10.6 Å². The molecule has 1 unspecified atom stereocenters. The summed E-state index contributed by atoms with van der Waals surface area (Å²) in [5.41, 5.74) is 1.70. The van der Waals surface area contributed by atoms with Crippen LogP contribution in [0.15, 0.2) is 69.8 Å². The molecule has 3 aromatic carbocycles. The fourth-order valence-electron chi connectivity index (χ4n) is 3.28. The van der Waals surface area contributed by atoms with E-state index in [0.717, 1.165) is 0 Å². The molecule has 0 radical (unpaired) electrons. The molecule has 1 aliphatic heterocycles. The lowest BCUT2D eigenvalue weighted by Crippen LogP contribution is -2.31. The molecule has 0 fully saturated rings. The summed E-state index contributed by atoms with van der Waals surface area (Å²) in [6.45, 7) is 1.26. The summed E-state index contributed by atoms with van der Waals surface area (Å²) in [4.78, 5) is 41.3. The van der Waals surface area contributed by atoms with Crippen molar-refractivity contribution in [3.8, 4) is 0 Å². The number of fused-ring (bicyclic) bond motifs is 1. The first-order chi connectivity index (χ1) is 17.2. The van der Waals surface area contributed by atoms with Crippen molar-refractivity contribution in [3.05, 3.63) is 85.8 Å². The average Bonchev–Trinajstić information content (AvgIpc) is 3.18. The Morgan fingerprint density at radius 2 is 1.42 bits per heavy atom. The Balaban J connectivity index is 1.54. The van der Waals surface area contributed by atoms with E-state index in [1.807, 2.05) is 0 Å². The molecule has 0 saturated heterocycles. The number of halogens is 4. The molecule has 2 N–H and O–H groups in total. The number of Topliss-reactive ketones (excluding diaryl/α,β-unsaturated/α-hetero) is 1. The van der Waals surface area contributed by atoms with Crippen LogP contribution in [-0.2, 0) is 9.59 Å². The first-order valence-electron chi connectivity index (χ1n) is 10.3. The Morgan fingerprint density at radius 3 is 2.03 bits per heavy atom. The smallest absolute Gasteiger partial charge is 0.259 e. The van der Waals surface area contributed by atoms with E-state index in [0.29, 0.717) is 17.1 Å². The van der Waals surface area contributed by atoms with E-state index < -0.39 is 23.6 Å². The Morgan fingerprint density at radius 1 is 0.833 bits per heavy atom. The summed E-state index contributed by atoms with van der Waals surface area (Å²) in [6, 6.07) is 13.8. The van der Waals surface area contributed by atoms with Crippen molar-refractivity contribution >= 4 is 86.9 Å². The number of amidine groups is 1. The number of anilines is 1. The molecule has 3 aromatic rings. The maximum absolute atomic E-state index is 12.5. The average molecular weight is 563 g/mol. The zero-order chi connectivity index (χ0) is 26.0. The van der Waals surface area contributed by atoms with E-state index in [-0.39, 0.29) is 37.1 Å². The number of carbonyl (C=O) groups is 3. The lowest BCUT2D eigenvalue weighted by Gasteiger charge is -2.09. The highest BCUT2D eigenvalue weighted by atomic mass is 35.5. The lowest BCUT2D eigenvalue weighted by atomic mass is 10.1. The van der Waals surface area contributed by atoms with Crippen molar-refractivity contribution in [3.63, 3.8) is 0 Å². The van der Waals surface area contributed by atoms with Crippen molar-refractivity contribution in [1.29, 1.82) is 0 Å². The Bertz CT molecular complexity index is 1440. The molecule has 0 spiro atoms. The molecule has 1 heterocycles. The monoisotopic (exact) mass is 561 g/mol. The van der Waals surface area contributed by atoms with E-state index in [9.17, 15) is 14.4 Å². The van der Waals surface area contributed by atoms with Crippen LogP contribution in [-0.4, -0.2) is 29.5 Å². The van der Waals surface area contributed by atoms with Crippen LogP contribution in [0, 0.1) is 0 Å². The van der Waals surface area contributed by atoms with Crippen molar-refractivity contribution < 1.29 is 14.4 Å². The molecule has 12 heteroatoms. The van der Waals surface area contributed by atoms with Crippen molar-refractivity contribution in [2.24, 2.45) is 15.2 Å². The second kappa shape index (κ2) is 10.8. The number of ketones is 1. The second-order valence-electron chi connectivity index (χ2n) is 7.52. The predicted octanol–water partition coefficient (Wildman–Crippen LogP) is 6.80. The lowest BCUT2D eigenvalue weighted by molar-refractivity contribution is -0.126. The Labute approximate surface area is 225 Å². The van der Waals surface area contributed by atoms with Gasteiger partial charge >= 0.3 is 0 Å². The molecule has 182 valence electrons. The summed E-state index contributed by atoms with van der Waals surface area (Å²) < 4.78 is 0. The molecule has 4 rings (SSSR count). The molecule has 1 atom stereocenters. The minimum atomic E-state index is -1.31. The summed E-state index contributed by atoms with van der Waals surface area (Å²) in [5.74, 6) is -1.40.